The van der Waals surface area contributed by atoms with Gasteiger partial charge in [-0.25, -0.2) is 8.42 Å². The highest BCUT2D eigenvalue weighted by atomic mass is 32.2. The van der Waals surface area contributed by atoms with E-state index in [2.05, 4.69) is 10.4 Å². The Kier molecular flexibility index (Phi) is 5.67. The van der Waals surface area contributed by atoms with Gasteiger partial charge in [0.15, 0.2) is 0 Å². The number of amides is 1. The van der Waals surface area contributed by atoms with Crippen molar-refractivity contribution in [1.82, 2.24) is 14.1 Å². The molecule has 0 aliphatic carbocycles. The smallest absolute Gasteiger partial charge is 0.259 e. The van der Waals surface area contributed by atoms with Gasteiger partial charge in [0.2, 0.25) is 10.0 Å². The summed E-state index contributed by atoms with van der Waals surface area (Å²) >= 11 is 0. The number of nitrogens with zero attached hydrogens (tertiary/aromatic N) is 3. The van der Waals surface area contributed by atoms with Crippen LogP contribution in [0, 0.1) is 13.8 Å². The normalized spacial score (nSPS) is 16.1. The van der Waals surface area contributed by atoms with Crippen LogP contribution in [-0.4, -0.2) is 41.5 Å². The highest BCUT2D eigenvalue weighted by Crippen LogP contribution is 2.23. The number of anilines is 1. The fourth-order valence-electron chi connectivity index (χ4n) is 3.46. The zero-order valence-electron chi connectivity index (χ0n) is 16.0. The summed E-state index contributed by atoms with van der Waals surface area (Å²) in [5, 5.41) is 7.06. The molecule has 8 heteroatoms. The van der Waals surface area contributed by atoms with Crippen molar-refractivity contribution in [3.63, 3.8) is 0 Å². The van der Waals surface area contributed by atoms with Crippen molar-refractivity contribution in [2.24, 2.45) is 7.05 Å². The average molecular weight is 391 g/mol. The SMILES string of the molecule is Cc1nn(C)c(C)c1C(=O)Nc1cccc(S(=O)(=O)N2CCCCCC2)c1. The Morgan fingerprint density at radius 1 is 1.11 bits per heavy atom. The fraction of sp³-hybridized carbons (Fsp3) is 0.474. The van der Waals surface area contributed by atoms with E-state index in [1.165, 1.54) is 6.07 Å². The highest BCUT2D eigenvalue weighted by molar-refractivity contribution is 7.89. The molecule has 1 fully saturated rings. The van der Waals surface area contributed by atoms with E-state index in [0.717, 1.165) is 31.4 Å². The second kappa shape index (κ2) is 7.82. The first-order valence-electron chi connectivity index (χ1n) is 9.22. The van der Waals surface area contributed by atoms with Gasteiger partial charge in [-0.2, -0.15) is 9.40 Å². The Labute approximate surface area is 160 Å². The Bertz CT molecular complexity index is 942. The highest BCUT2D eigenvalue weighted by Gasteiger charge is 2.25. The molecule has 0 bridgehead atoms. The molecule has 1 aliphatic heterocycles. The van der Waals surface area contributed by atoms with E-state index in [1.54, 1.807) is 41.2 Å². The number of sulfonamides is 1. The minimum Gasteiger partial charge on any atom is -0.322 e. The van der Waals surface area contributed by atoms with E-state index in [1.807, 2.05) is 6.92 Å². The van der Waals surface area contributed by atoms with Gasteiger partial charge in [0, 0.05) is 31.5 Å². The van der Waals surface area contributed by atoms with Gasteiger partial charge in [-0.3, -0.25) is 9.48 Å². The molecule has 2 heterocycles. The minimum absolute atomic E-state index is 0.210. The number of nitrogens with one attached hydrogen (secondary N) is 1. The first-order valence-corrected chi connectivity index (χ1v) is 10.7. The molecule has 0 atom stereocenters. The van der Waals surface area contributed by atoms with Crippen molar-refractivity contribution in [2.45, 2.75) is 44.4 Å². The van der Waals surface area contributed by atoms with Crippen molar-refractivity contribution in [1.29, 1.82) is 0 Å². The predicted molar refractivity (Wildman–Crippen MR) is 104 cm³/mol. The molecule has 1 aromatic carbocycles. The second-order valence-electron chi connectivity index (χ2n) is 6.97. The number of carbonyl (C=O) groups is 1. The molecule has 7 nitrogen and oxygen atoms in total. The zero-order chi connectivity index (χ0) is 19.6. The Morgan fingerprint density at radius 3 is 2.37 bits per heavy atom. The quantitative estimate of drug-likeness (QED) is 0.870. The number of hydrogen-bond acceptors (Lipinski definition) is 4. The van der Waals surface area contributed by atoms with E-state index in [-0.39, 0.29) is 10.8 Å². The first-order chi connectivity index (χ1) is 12.8. The first kappa shape index (κ1) is 19.6. The number of benzene rings is 1. The van der Waals surface area contributed by atoms with Crippen LogP contribution in [0.1, 0.15) is 47.4 Å². The molecule has 1 N–H and O–H groups in total. The maximum atomic E-state index is 13.0. The third-order valence-electron chi connectivity index (χ3n) is 5.03. The molecule has 27 heavy (non-hydrogen) atoms. The van der Waals surface area contributed by atoms with Crippen LogP contribution in [-0.2, 0) is 17.1 Å². The molecule has 2 aromatic rings. The molecule has 1 amide bonds. The second-order valence-corrected chi connectivity index (χ2v) is 8.91. The third kappa shape index (κ3) is 4.06. The minimum atomic E-state index is -3.55. The van der Waals surface area contributed by atoms with Gasteiger partial charge < -0.3 is 5.32 Å². The van der Waals surface area contributed by atoms with E-state index in [0.29, 0.717) is 30.0 Å². The Hall–Kier alpha value is -2.19. The van der Waals surface area contributed by atoms with E-state index >= 15 is 0 Å². The van der Waals surface area contributed by atoms with Crippen molar-refractivity contribution in [3.05, 3.63) is 41.2 Å². The topological polar surface area (TPSA) is 84.3 Å². The summed E-state index contributed by atoms with van der Waals surface area (Å²) in [7, 11) is -1.77. The van der Waals surface area contributed by atoms with Crippen molar-refractivity contribution < 1.29 is 13.2 Å². The Balaban J connectivity index is 1.84. The van der Waals surface area contributed by atoms with Gasteiger partial charge in [-0.05, 0) is 44.9 Å². The summed E-state index contributed by atoms with van der Waals surface area (Å²) < 4.78 is 29.1. The lowest BCUT2D eigenvalue weighted by Crippen LogP contribution is -2.32. The molecule has 1 aromatic heterocycles. The van der Waals surface area contributed by atoms with Gasteiger partial charge in [-0.15, -0.1) is 0 Å². The predicted octanol–water partition coefficient (Wildman–Crippen LogP) is 2.85. The van der Waals surface area contributed by atoms with Crippen LogP contribution in [0.2, 0.25) is 0 Å². The molecule has 0 unspecified atom stereocenters. The van der Waals surface area contributed by atoms with Crippen LogP contribution < -0.4 is 5.32 Å². The lowest BCUT2D eigenvalue weighted by Gasteiger charge is -2.20. The fourth-order valence-corrected chi connectivity index (χ4v) is 5.02. The van der Waals surface area contributed by atoms with Crippen LogP contribution in [0.3, 0.4) is 0 Å². The maximum Gasteiger partial charge on any atom is 0.259 e. The van der Waals surface area contributed by atoms with Gasteiger partial charge in [0.1, 0.15) is 0 Å². The van der Waals surface area contributed by atoms with E-state index < -0.39 is 10.0 Å². The van der Waals surface area contributed by atoms with E-state index in [4.69, 9.17) is 0 Å². The van der Waals surface area contributed by atoms with Gasteiger partial charge in [0.25, 0.3) is 5.91 Å². The number of aryl methyl sites for hydroxylation is 2. The average Bonchev–Trinajstić information content (AvgIpc) is 2.83. The van der Waals surface area contributed by atoms with Gasteiger partial charge in [-0.1, -0.05) is 18.9 Å². The van der Waals surface area contributed by atoms with E-state index in [9.17, 15) is 13.2 Å². The summed E-state index contributed by atoms with van der Waals surface area (Å²) in [4.78, 5) is 12.9. The molecule has 1 saturated heterocycles. The maximum absolute atomic E-state index is 13.0. The Morgan fingerprint density at radius 2 is 1.78 bits per heavy atom. The van der Waals surface area contributed by atoms with Gasteiger partial charge in [0.05, 0.1) is 16.2 Å². The summed E-state index contributed by atoms with van der Waals surface area (Å²) in [6.45, 7) is 4.71. The summed E-state index contributed by atoms with van der Waals surface area (Å²) in [5.41, 5.74) is 2.37. The lowest BCUT2D eigenvalue weighted by molar-refractivity contribution is 0.102. The van der Waals surface area contributed by atoms with Gasteiger partial charge >= 0.3 is 0 Å². The monoisotopic (exact) mass is 390 g/mol. The third-order valence-corrected chi connectivity index (χ3v) is 6.93. The van der Waals surface area contributed by atoms with Crippen LogP contribution >= 0.6 is 0 Å². The van der Waals surface area contributed by atoms with Crippen LogP contribution in [0.5, 0.6) is 0 Å². The molecular weight excluding hydrogens is 364 g/mol. The number of aromatic nitrogens is 2. The van der Waals surface area contributed by atoms with Crippen molar-refractivity contribution in [3.8, 4) is 0 Å². The zero-order valence-corrected chi connectivity index (χ0v) is 16.8. The molecule has 146 valence electrons. The number of rotatable bonds is 4. The van der Waals surface area contributed by atoms with Crippen molar-refractivity contribution in [2.75, 3.05) is 18.4 Å². The number of hydrogen-bond donors (Lipinski definition) is 1. The van der Waals surface area contributed by atoms with Crippen LogP contribution in [0.4, 0.5) is 5.69 Å². The molecule has 0 saturated carbocycles. The molecular formula is C19H26N4O3S. The molecule has 0 radical (unpaired) electrons. The summed E-state index contributed by atoms with van der Waals surface area (Å²) in [6, 6.07) is 6.46. The standard InChI is InChI=1S/C19H26N4O3S/c1-14-18(15(2)22(3)21-14)19(24)20-16-9-8-10-17(13-16)27(25,26)23-11-6-4-5-7-12-23/h8-10,13H,4-7,11-12H2,1-3H3,(H,20,24). The van der Waals surface area contributed by atoms with Crippen LogP contribution in [0.25, 0.3) is 0 Å². The summed E-state index contributed by atoms with van der Waals surface area (Å²) in [6.07, 6.45) is 3.89. The molecule has 1 aliphatic rings. The molecule has 3 rings (SSSR count). The number of carbonyl (C=O) groups excluding carboxylic acids is 1. The van der Waals surface area contributed by atoms with Crippen LogP contribution in [0.15, 0.2) is 29.2 Å². The lowest BCUT2D eigenvalue weighted by atomic mass is 10.2. The van der Waals surface area contributed by atoms with Crippen molar-refractivity contribution >= 4 is 21.6 Å². The molecule has 0 spiro atoms. The largest absolute Gasteiger partial charge is 0.322 e. The summed E-state index contributed by atoms with van der Waals surface area (Å²) in [5.74, 6) is -0.289.